The fourth-order valence-electron chi connectivity index (χ4n) is 4.22. The highest BCUT2D eigenvalue weighted by molar-refractivity contribution is 6.74. The molecule has 11 heteroatoms. The van der Waals surface area contributed by atoms with Gasteiger partial charge >= 0.3 is 12.1 Å². The first-order valence-electron chi connectivity index (χ1n) is 13.7. The van der Waals surface area contributed by atoms with Crippen LogP contribution >= 0.6 is 0 Å². The first-order chi connectivity index (χ1) is 19.3. The van der Waals surface area contributed by atoms with E-state index in [9.17, 15) is 24.6 Å². The van der Waals surface area contributed by atoms with E-state index in [1.54, 1.807) is 39.0 Å². The van der Waals surface area contributed by atoms with Crippen LogP contribution in [0.2, 0.25) is 18.1 Å². The van der Waals surface area contributed by atoms with Crippen LogP contribution in [0.5, 0.6) is 11.5 Å². The predicted octanol–water partition coefficient (Wildman–Crippen LogP) is 6.44. The number of rotatable bonds is 9. The molecule has 0 bridgehead atoms. The number of benzene rings is 2. The number of carboxylic acid groups (broad SMARTS) is 1. The van der Waals surface area contributed by atoms with Crippen molar-refractivity contribution >= 4 is 31.3 Å². The Labute approximate surface area is 247 Å². The monoisotopic (exact) mass is 598 g/mol. The molecule has 0 fully saturated rings. The van der Waals surface area contributed by atoms with Crippen molar-refractivity contribution in [3.05, 3.63) is 69.5 Å². The molecule has 3 aromatic rings. The van der Waals surface area contributed by atoms with Gasteiger partial charge in [-0.15, -0.1) is 0 Å². The number of aromatic hydroxyl groups is 1. The highest BCUT2D eigenvalue weighted by Crippen LogP contribution is 2.42. The highest BCUT2D eigenvalue weighted by atomic mass is 28.4. The smallest absolute Gasteiger partial charge is 0.410 e. The SMILES string of the molecule is COc1cc(C(=O)O)ccc1CN(C[C@H](O[Si](C)(C)C(C)(C)C)c1ccc(O)c2[nH]c(=O)ccc12)C(=O)OC(C)(C)C. The Balaban J connectivity index is 2.18. The summed E-state index contributed by atoms with van der Waals surface area (Å²) in [5.41, 5.74) is 0.461. The number of carboxylic acids is 1. The Hall–Kier alpha value is -3.83. The molecular weight excluding hydrogens is 556 g/mol. The zero-order valence-electron chi connectivity index (χ0n) is 25.8. The summed E-state index contributed by atoms with van der Waals surface area (Å²) in [6.07, 6.45) is -1.26. The lowest BCUT2D eigenvalue weighted by molar-refractivity contribution is 0.0136. The maximum atomic E-state index is 13.7. The number of fused-ring (bicyclic) bond motifs is 1. The van der Waals surface area contributed by atoms with Gasteiger partial charge < -0.3 is 34.0 Å². The number of carbonyl (C=O) groups is 2. The van der Waals surface area contributed by atoms with Crippen LogP contribution < -0.4 is 10.3 Å². The summed E-state index contributed by atoms with van der Waals surface area (Å²) in [6, 6.07) is 10.7. The van der Waals surface area contributed by atoms with E-state index in [0.717, 1.165) is 0 Å². The van der Waals surface area contributed by atoms with Crippen molar-refractivity contribution in [1.82, 2.24) is 9.88 Å². The normalized spacial score (nSPS) is 13.1. The molecule has 228 valence electrons. The van der Waals surface area contributed by atoms with Crippen LogP contribution in [-0.4, -0.2) is 59.7 Å². The molecule has 0 saturated heterocycles. The molecule has 1 atom stereocenters. The number of hydrogen-bond donors (Lipinski definition) is 3. The van der Waals surface area contributed by atoms with Crippen LogP contribution in [0.25, 0.3) is 10.9 Å². The van der Waals surface area contributed by atoms with Crippen LogP contribution in [0.4, 0.5) is 4.79 Å². The lowest BCUT2D eigenvalue weighted by atomic mass is 10.0. The first-order valence-corrected chi connectivity index (χ1v) is 16.6. The van der Waals surface area contributed by atoms with Crippen molar-refractivity contribution in [3.8, 4) is 11.5 Å². The van der Waals surface area contributed by atoms with Gasteiger partial charge in [0.15, 0.2) is 8.32 Å². The summed E-state index contributed by atoms with van der Waals surface area (Å²) in [5, 5.41) is 20.4. The van der Waals surface area contributed by atoms with E-state index in [1.165, 1.54) is 36.3 Å². The van der Waals surface area contributed by atoms with Crippen LogP contribution in [0.3, 0.4) is 0 Å². The number of pyridine rings is 1. The van der Waals surface area contributed by atoms with Crippen LogP contribution in [0.1, 0.15) is 69.1 Å². The van der Waals surface area contributed by atoms with E-state index in [2.05, 4.69) is 38.8 Å². The average molecular weight is 599 g/mol. The van der Waals surface area contributed by atoms with Gasteiger partial charge in [-0.2, -0.15) is 0 Å². The highest BCUT2D eigenvalue weighted by Gasteiger charge is 2.41. The Kier molecular flexibility index (Phi) is 9.48. The third kappa shape index (κ3) is 7.71. The van der Waals surface area contributed by atoms with E-state index in [0.29, 0.717) is 22.3 Å². The molecule has 3 rings (SSSR count). The van der Waals surface area contributed by atoms with Gasteiger partial charge in [0.05, 0.1) is 37.4 Å². The van der Waals surface area contributed by atoms with Gasteiger partial charge in [0, 0.05) is 17.0 Å². The third-order valence-electron chi connectivity index (χ3n) is 7.43. The molecule has 0 spiro atoms. The van der Waals surface area contributed by atoms with Crippen molar-refractivity contribution < 1.29 is 33.7 Å². The standard InChI is InChI=1S/C31H42N2O8Si/c1-30(2,3)40-29(38)33(17-20-11-10-19(28(36)37)16-24(20)39-7)18-25(41-42(8,9)31(4,5)6)21-12-14-23(34)27-22(21)13-15-26(35)32-27/h10-16,25,34H,17-18H2,1-9H3,(H,32,35)(H,36,37)/t25-/m0/s1. The molecule has 1 amide bonds. The van der Waals surface area contributed by atoms with Crippen molar-refractivity contribution in [2.75, 3.05) is 13.7 Å². The number of methoxy groups -OCH3 is 1. The quantitative estimate of drug-likeness (QED) is 0.239. The molecule has 42 heavy (non-hydrogen) atoms. The number of phenols is 1. The Bertz CT molecular complexity index is 1520. The second-order valence-electron chi connectivity index (χ2n) is 12.8. The number of nitrogens with one attached hydrogen (secondary N) is 1. The molecule has 0 aliphatic rings. The number of ether oxygens (including phenoxy) is 2. The van der Waals surface area contributed by atoms with Gasteiger partial charge in [0.25, 0.3) is 0 Å². The lowest BCUT2D eigenvalue weighted by Crippen LogP contribution is -2.45. The third-order valence-corrected chi connectivity index (χ3v) is 11.9. The maximum absolute atomic E-state index is 13.7. The number of carbonyl (C=O) groups excluding carboxylic acids is 1. The molecule has 3 N–H and O–H groups in total. The number of aromatic nitrogens is 1. The number of aromatic carboxylic acids is 1. The zero-order chi connectivity index (χ0) is 31.6. The van der Waals surface area contributed by atoms with Gasteiger partial charge in [-0.1, -0.05) is 32.9 Å². The van der Waals surface area contributed by atoms with Crippen LogP contribution in [0, 0.1) is 0 Å². The lowest BCUT2D eigenvalue weighted by Gasteiger charge is -2.41. The van der Waals surface area contributed by atoms with E-state index in [1.807, 2.05) is 0 Å². The van der Waals surface area contributed by atoms with E-state index in [4.69, 9.17) is 13.9 Å². The minimum Gasteiger partial charge on any atom is -0.506 e. The average Bonchev–Trinajstić information content (AvgIpc) is 2.86. The molecule has 0 aliphatic carbocycles. The van der Waals surface area contributed by atoms with Crippen molar-refractivity contribution in [2.24, 2.45) is 0 Å². The summed E-state index contributed by atoms with van der Waals surface area (Å²) in [4.78, 5) is 41.5. The molecule has 10 nitrogen and oxygen atoms in total. The summed E-state index contributed by atoms with van der Waals surface area (Å²) in [5.74, 6) is -0.855. The van der Waals surface area contributed by atoms with E-state index in [-0.39, 0.29) is 40.5 Å². The largest absolute Gasteiger partial charge is 0.506 e. The van der Waals surface area contributed by atoms with Crippen molar-refractivity contribution in [3.63, 3.8) is 0 Å². The topological polar surface area (TPSA) is 138 Å². The Morgan fingerprint density at radius 3 is 2.26 bits per heavy atom. The molecular formula is C31H42N2O8Si. The van der Waals surface area contributed by atoms with Crippen molar-refractivity contribution in [2.45, 2.75) is 77.9 Å². The molecule has 1 heterocycles. The second-order valence-corrected chi connectivity index (χ2v) is 17.6. The summed E-state index contributed by atoms with van der Waals surface area (Å²) >= 11 is 0. The molecule has 0 aliphatic heterocycles. The molecule has 0 saturated carbocycles. The van der Waals surface area contributed by atoms with E-state index >= 15 is 0 Å². The number of nitrogens with zero attached hydrogens (tertiary/aromatic N) is 1. The molecule has 1 aromatic heterocycles. The number of aromatic amines is 1. The molecule has 0 unspecified atom stereocenters. The van der Waals surface area contributed by atoms with E-state index < -0.39 is 32.1 Å². The molecule has 2 aromatic carbocycles. The number of amides is 1. The fourth-order valence-corrected chi connectivity index (χ4v) is 5.48. The summed E-state index contributed by atoms with van der Waals surface area (Å²) in [7, 11) is -1.00. The summed E-state index contributed by atoms with van der Waals surface area (Å²) in [6.45, 7) is 16.0. The predicted molar refractivity (Wildman–Crippen MR) is 164 cm³/mol. The van der Waals surface area contributed by atoms with Gasteiger partial charge in [0.2, 0.25) is 5.56 Å². The van der Waals surface area contributed by atoms with Gasteiger partial charge in [-0.05, 0) is 68.7 Å². The fraction of sp³-hybridized carbons (Fsp3) is 0.452. The minimum atomic E-state index is -2.44. The number of phenolic OH excluding ortho intramolecular Hbond substituents is 1. The molecule has 0 radical (unpaired) electrons. The second kappa shape index (κ2) is 12.2. The van der Waals surface area contributed by atoms with Gasteiger partial charge in [-0.3, -0.25) is 4.79 Å². The van der Waals surface area contributed by atoms with Crippen molar-refractivity contribution in [1.29, 1.82) is 0 Å². The van der Waals surface area contributed by atoms with Crippen LogP contribution in [-0.2, 0) is 15.7 Å². The summed E-state index contributed by atoms with van der Waals surface area (Å²) < 4.78 is 18.2. The first kappa shape index (κ1) is 32.7. The number of hydrogen-bond acceptors (Lipinski definition) is 7. The van der Waals surface area contributed by atoms with Gasteiger partial charge in [0.1, 0.15) is 17.1 Å². The Morgan fingerprint density at radius 2 is 1.69 bits per heavy atom. The number of H-pyrrole nitrogens is 1. The Morgan fingerprint density at radius 1 is 1.02 bits per heavy atom. The zero-order valence-corrected chi connectivity index (χ0v) is 26.8. The maximum Gasteiger partial charge on any atom is 0.410 e. The van der Waals surface area contributed by atoms with Crippen LogP contribution in [0.15, 0.2) is 47.3 Å². The minimum absolute atomic E-state index is 0.0438. The van der Waals surface area contributed by atoms with Gasteiger partial charge in [-0.25, -0.2) is 9.59 Å².